The molecule has 1 aliphatic carbocycles. The van der Waals surface area contributed by atoms with Gasteiger partial charge in [0.05, 0.1) is 11.5 Å². The van der Waals surface area contributed by atoms with Gasteiger partial charge in [-0.25, -0.2) is 8.42 Å². The molecule has 2 atom stereocenters. The van der Waals surface area contributed by atoms with Crippen LogP contribution in [0.4, 0.5) is 0 Å². The van der Waals surface area contributed by atoms with Gasteiger partial charge in [0.25, 0.3) is 5.91 Å². The number of benzene rings is 1. The molecule has 5 nitrogen and oxygen atoms in total. The molecule has 1 aromatic rings. The molecule has 1 saturated carbocycles. The maximum atomic E-state index is 13.2. The van der Waals surface area contributed by atoms with Crippen LogP contribution >= 0.6 is 15.9 Å². The Balaban J connectivity index is 1.76. The molecule has 26 heavy (non-hydrogen) atoms. The predicted molar refractivity (Wildman–Crippen MR) is 105 cm³/mol. The lowest BCUT2D eigenvalue weighted by atomic mass is 9.92. The molecule has 0 radical (unpaired) electrons. The summed E-state index contributed by atoms with van der Waals surface area (Å²) in [5.74, 6) is 0.801. The molecule has 1 aromatic carbocycles. The second-order valence-corrected chi connectivity index (χ2v) is 10.5. The Morgan fingerprint density at radius 3 is 2.35 bits per heavy atom. The number of hydrogen-bond donors (Lipinski definition) is 0. The van der Waals surface area contributed by atoms with Gasteiger partial charge in [0, 0.05) is 16.6 Å². The van der Waals surface area contributed by atoms with Gasteiger partial charge in [0.15, 0.2) is 15.9 Å². The highest BCUT2D eigenvalue weighted by molar-refractivity contribution is 9.10. The molecule has 2 fully saturated rings. The normalized spacial score (nSPS) is 24.2. The van der Waals surface area contributed by atoms with Gasteiger partial charge >= 0.3 is 0 Å². The fourth-order valence-electron chi connectivity index (χ4n) is 3.99. The zero-order valence-corrected chi connectivity index (χ0v) is 17.5. The van der Waals surface area contributed by atoms with Crippen LogP contribution < -0.4 is 4.74 Å². The van der Waals surface area contributed by atoms with Crippen molar-refractivity contribution in [3.63, 3.8) is 0 Å². The van der Waals surface area contributed by atoms with Gasteiger partial charge in [0.1, 0.15) is 5.75 Å². The molecule has 1 amide bonds. The van der Waals surface area contributed by atoms with Crippen LogP contribution in [0.1, 0.15) is 45.4 Å². The van der Waals surface area contributed by atoms with E-state index in [2.05, 4.69) is 15.9 Å². The molecule has 2 aliphatic rings. The summed E-state index contributed by atoms with van der Waals surface area (Å²) < 4.78 is 30.7. The first-order valence-electron chi connectivity index (χ1n) is 9.30. The lowest BCUT2D eigenvalue weighted by molar-refractivity contribution is -0.143. The Hall–Kier alpha value is -1.08. The van der Waals surface area contributed by atoms with E-state index < -0.39 is 15.9 Å². The van der Waals surface area contributed by atoms with Gasteiger partial charge in [-0.2, -0.15) is 0 Å². The number of carbonyl (C=O) groups is 1. The van der Waals surface area contributed by atoms with E-state index in [-0.39, 0.29) is 29.5 Å². The first-order valence-corrected chi connectivity index (χ1v) is 11.9. The fourth-order valence-corrected chi connectivity index (χ4v) is 5.97. The van der Waals surface area contributed by atoms with Crippen LogP contribution in [-0.2, 0) is 14.6 Å². The predicted octanol–water partition coefficient (Wildman–Crippen LogP) is 3.56. The Morgan fingerprint density at radius 2 is 1.77 bits per heavy atom. The number of amides is 1. The Bertz CT molecular complexity index is 728. The maximum absolute atomic E-state index is 13.2. The highest BCUT2D eigenvalue weighted by Gasteiger charge is 2.40. The zero-order valence-electron chi connectivity index (χ0n) is 15.1. The van der Waals surface area contributed by atoms with Crippen molar-refractivity contribution < 1.29 is 17.9 Å². The van der Waals surface area contributed by atoms with Crippen molar-refractivity contribution in [2.45, 2.75) is 63.6 Å². The molecule has 1 saturated heterocycles. The summed E-state index contributed by atoms with van der Waals surface area (Å²) in [7, 11) is -3.04. The van der Waals surface area contributed by atoms with E-state index in [4.69, 9.17) is 4.74 Å². The van der Waals surface area contributed by atoms with E-state index in [0.717, 1.165) is 30.2 Å². The molecule has 1 heterocycles. The smallest absolute Gasteiger partial charge is 0.263 e. The van der Waals surface area contributed by atoms with Gasteiger partial charge < -0.3 is 9.64 Å². The minimum absolute atomic E-state index is 0.0836. The largest absolute Gasteiger partial charge is 0.481 e. The second-order valence-electron chi connectivity index (χ2n) is 7.31. The van der Waals surface area contributed by atoms with Gasteiger partial charge in [0.2, 0.25) is 0 Å². The topological polar surface area (TPSA) is 63.7 Å². The number of carbonyl (C=O) groups excluding carboxylic acids is 1. The molecule has 0 spiro atoms. The summed E-state index contributed by atoms with van der Waals surface area (Å²) in [6, 6.07) is 7.29. The zero-order chi connectivity index (χ0) is 18.7. The number of rotatable bonds is 5. The third-order valence-corrected chi connectivity index (χ3v) is 7.58. The number of halogens is 1. The van der Waals surface area contributed by atoms with Crippen molar-refractivity contribution in [3.05, 3.63) is 28.7 Å². The SMILES string of the molecule is C[C@@H](Oc1ccc(Br)cc1)C(=O)N(C1CCCCC1)[C@H]1CCS(=O)(=O)C1. The highest BCUT2D eigenvalue weighted by atomic mass is 79.9. The molecule has 0 aromatic heterocycles. The van der Waals surface area contributed by atoms with Gasteiger partial charge in [-0.3, -0.25) is 4.79 Å². The summed E-state index contributed by atoms with van der Waals surface area (Å²) in [5.41, 5.74) is 0. The molecule has 0 bridgehead atoms. The quantitative estimate of drug-likeness (QED) is 0.697. The molecular formula is C19H26BrNO4S. The lowest BCUT2D eigenvalue weighted by Gasteiger charge is -2.39. The molecule has 1 aliphatic heterocycles. The van der Waals surface area contributed by atoms with E-state index in [1.54, 1.807) is 6.92 Å². The van der Waals surface area contributed by atoms with Crippen LogP contribution in [0.25, 0.3) is 0 Å². The van der Waals surface area contributed by atoms with Crippen molar-refractivity contribution >= 4 is 31.7 Å². The minimum Gasteiger partial charge on any atom is -0.481 e. The fraction of sp³-hybridized carbons (Fsp3) is 0.632. The Kier molecular flexibility index (Phi) is 6.28. The third kappa shape index (κ3) is 4.80. The minimum atomic E-state index is -3.04. The average Bonchev–Trinajstić information content (AvgIpc) is 2.97. The van der Waals surface area contributed by atoms with Crippen molar-refractivity contribution in [1.82, 2.24) is 4.90 Å². The van der Waals surface area contributed by atoms with Crippen LogP contribution in [0.15, 0.2) is 28.7 Å². The number of ether oxygens (including phenoxy) is 1. The van der Waals surface area contributed by atoms with Crippen LogP contribution in [0.3, 0.4) is 0 Å². The average molecular weight is 444 g/mol. The molecule has 7 heteroatoms. The number of hydrogen-bond acceptors (Lipinski definition) is 4. The maximum Gasteiger partial charge on any atom is 0.263 e. The monoisotopic (exact) mass is 443 g/mol. The summed E-state index contributed by atoms with van der Waals surface area (Å²) in [4.78, 5) is 15.1. The Labute approximate surface area is 164 Å². The van der Waals surface area contributed by atoms with Crippen molar-refractivity contribution in [1.29, 1.82) is 0 Å². The van der Waals surface area contributed by atoms with Gasteiger partial charge in [-0.05, 0) is 50.5 Å². The number of sulfone groups is 1. The van der Waals surface area contributed by atoms with Crippen LogP contribution in [0.5, 0.6) is 5.75 Å². The van der Waals surface area contributed by atoms with E-state index in [9.17, 15) is 13.2 Å². The molecule has 144 valence electrons. The summed E-state index contributed by atoms with van der Waals surface area (Å²) in [6.45, 7) is 1.75. The van der Waals surface area contributed by atoms with Crippen molar-refractivity contribution in [2.24, 2.45) is 0 Å². The van der Waals surface area contributed by atoms with E-state index in [1.165, 1.54) is 6.42 Å². The molecule has 0 N–H and O–H groups in total. The van der Waals surface area contributed by atoms with E-state index in [0.29, 0.717) is 12.2 Å². The third-order valence-electron chi connectivity index (χ3n) is 5.30. The highest BCUT2D eigenvalue weighted by Crippen LogP contribution is 2.29. The number of nitrogens with zero attached hydrogens (tertiary/aromatic N) is 1. The van der Waals surface area contributed by atoms with Crippen molar-refractivity contribution in [2.75, 3.05) is 11.5 Å². The Morgan fingerprint density at radius 1 is 1.12 bits per heavy atom. The van der Waals surface area contributed by atoms with Crippen LogP contribution in [-0.4, -0.2) is 48.9 Å². The van der Waals surface area contributed by atoms with Crippen LogP contribution in [0, 0.1) is 0 Å². The first kappa shape index (κ1) is 19.7. The molecule has 0 unspecified atom stereocenters. The lowest BCUT2D eigenvalue weighted by Crippen LogP contribution is -2.52. The summed E-state index contributed by atoms with van der Waals surface area (Å²) >= 11 is 3.38. The summed E-state index contributed by atoms with van der Waals surface area (Å²) in [5, 5.41) is 0. The molecular weight excluding hydrogens is 418 g/mol. The molecule has 3 rings (SSSR count). The van der Waals surface area contributed by atoms with Crippen LogP contribution in [0.2, 0.25) is 0 Å². The van der Waals surface area contributed by atoms with Gasteiger partial charge in [-0.15, -0.1) is 0 Å². The standard InChI is InChI=1S/C19H26BrNO4S/c1-14(25-18-9-7-15(20)8-10-18)19(22)21(16-5-3-2-4-6-16)17-11-12-26(23,24)13-17/h7-10,14,16-17H,2-6,11-13H2,1H3/t14-,17+/m1/s1. The first-order chi connectivity index (χ1) is 12.4. The van der Waals surface area contributed by atoms with E-state index in [1.807, 2.05) is 29.2 Å². The second kappa shape index (κ2) is 8.30. The van der Waals surface area contributed by atoms with Gasteiger partial charge in [-0.1, -0.05) is 35.2 Å². The van der Waals surface area contributed by atoms with Crippen molar-refractivity contribution in [3.8, 4) is 5.75 Å². The van der Waals surface area contributed by atoms with E-state index >= 15 is 0 Å². The summed E-state index contributed by atoms with van der Waals surface area (Å²) in [6.07, 6.45) is 5.18.